The lowest BCUT2D eigenvalue weighted by Gasteiger charge is -2.08. The maximum Gasteiger partial charge on any atom is 0.162 e. The zero-order chi connectivity index (χ0) is 11.4. The third-order valence-electron chi connectivity index (χ3n) is 3.10. The van der Waals surface area contributed by atoms with Gasteiger partial charge in [0.05, 0.1) is 0 Å². The number of carbonyl (C=O) groups is 1. The molecule has 1 aromatic carbocycles. The molecule has 1 fully saturated rings. The van der Waals surface area contributed by atoms with Crippen molar-refractivity contribution >= 4 is 17.5 Å². The van der Waals surface area contributed by atoms with Crippen molar-refractivity contribution in [2.24, 2.45) is 0 Å². The Morgan fingerprint density at radius 1 is 1.25 bits per heavy atom. The second-order valence-corrected chi connectivity index (χ2v) is 5.70. The predicted octanol–water partition coefficient (Wildman–Crippen LogP) is 4.31. The van der Waals surface area contributed by atoms with Crippen molar-refractivity contribution in [2.75, 3.05) is 0 Å². The van der Waals surface area contributed by atoms with Crippen LogP contribution in [0.4, 0.5) is 0 Å². The fraction of sp³-hybridized carbons (Fsp3) is 0.500. The van der Waals surface area contributed by atoms with E-state index in [-0.39, 0.29) is 5.78 Å². The first-order valence-corrected chi connectivity index (χ1v) is 6.97. The van der Waals surface area contributed by atoms with Gasteiger partial charge in [-0.25, -0.2) is 0 Å². The van der Waals surface area contributed by atoms with Crippen LogP contribution >= 0.6 is 11.8 Å². The average molecular weight is 234 g/mol. The summed E-state index contributed by atoms with van der Waals surface area (Å²) in [4.78, 5) is 12.8. The van der Waals surface area contributed by atoms with Crippen molar-refractivity contribution in [3.8, 4) is 0 Å². The first-order valence-electron chi connectivity index (χ1n) is 6.09. The second-order valence-electron chi connectivity index (χ2n) is 4.33. The van der Waals surface area contributed by atoms with Crippen LogP contribution in [0.15, 0.2) is 29.2 Å². The zero-order valence-corrected chi connectivity index (χ0v) is 10.6. The van der Waals surface area contributed by atoms with Crippen LogP contribution in [0.1, 0.15) is 49.4 Å². The van der Waals surface area contributed by atoms with E-state index in [1.54, 1.807) is 0 Å². The summed E-state index contributed by atoms with van der Waals surface area (Å²) >= 11 is 1.97. The third-order valence-corrected chi connectivity index (χ3v) is 4.45. The van der Waals surface area contributed by atoms with Gasteiger partial charge in [0.2, 0.25) is 0 Å². The largest absolute Gasteiger partial charge is 0.294 e. The number of ketones is 1. The lowest BCUT2D eigenvalue weighted by molar-refractivity contribution is 0.0988. The summed E-state index contributed by atoms with van der Waals surface area (Å²) in [6.07, 6.45) is 6.05. The maximum atomic E-state index is 11.5. The van der Waals surface area contributed by atoms with E-state index in [2.05, 4.69) is 12.1 Å². The first kappa shape index (κ1) is 11.7. The molecule has 1 nitrogen and oxygen atoms in total. The molecule has 1 aliphatic carbocycles. The molecule has 0 heterocycles. The van der Waals surface area contributed by atoms with Gasteiger partial charge in [-0.1, -0.05) is 31.9 Å². The van der Waals surface area contributed by atoms with Crippen LogP contribution < -0.4 is 0 Å². The predicted molar refractivity (Wildman–Crippen MR) is 69.2 cm³/mol. The normalized spacial score (nSPS) is 16.6. The first-order chi connectivity index (χ1) is 7.79. The van der Waals surface area contributed by atoms with Crippen molar-refractivity contribution in [3.63, 3.8) is 0 Å². The molecular weight excluding hydrogens is 216 g/mol. The lowest BCUT2D eigenvalue weighted by atomic mass is 10.1. The van der Waals surface area contributed by atoms with E-state index in [4.69, 9.17) is 0 Å². The van der Waals surface area contributed by atoms with Crippen molar-refractivity contribution in [3.05, 3.63) is 29.8 Å². The van der Waals surface area contributed by atoms with E-state index >= 15 is 0 Å². The fourth-order valence-corrected chi connectivity index (χ4v) is 3.37. The Morgan fingerprint density at radius 3 is 2.44 bits per heavy atom. The minimum absolute atomic E-state index is 0.234. The number of thioether (sulfide) groups is 1. The molecule has 0 bridgehead atoms. The van der Waals surface area contributed by atoms with Crippen LogP contribution in [0.3, 0.4) is 0 Å². The van der Waals surface area contributed by atoms with Gasteiger partial charge < -0.3 is 0 Å². The second kappa shape index (κ2) is 5.53. The molecule has 1 aromatic rings. The summed E-state index contributed by atoms with van der Waals surface area (Å²) in [5.41, 5.74) is 0.846. The van der Waals surface area contributed by atoms with Gasteiger partial charge in [-0.3, -0.25) is 4.79 Å². The highest BCUT2D eigenvalue weighted by molar-refractivity contribution is 8.00. The number of rotatable bonds is 4. The molecule has 0 spiro atoms. The van der Waals surface area contributed by atoms with Crippen molar-refractivity contribution in [1.82, 2.24) is 0 Å². The minimum Gasteiger partial charge on any atom is -0.294 e. The summed E-state index contributed by atoms with van der Waals surface area (Å²) < 4.78 is 0. The zero-order valence-electron chi connectivity index (χ0n) is 9.74. The molecule has 0 aliphatic heterocycles. The maximum absolute atomic E-state index is 11.5. The van der Waals surface area contributed by atoms with Crippen molar-refractivity contribution < 1.29 is 4.79 Å². The smallest absolute Gasteiger partial charge is 0.162 e. The summed E-state index contributed by atoms with van der Waals surface area (Å²) in [6, 6.07) is 8.10. The topological polar surface area (TPSA) is 17.1 Å². The quantitative estimate of drug-likeness (QED) is 0.722. The highest BCUT2D eigenvalue weighted by Crippen LogP contribution is 2.34. The Bertz CT molecular complexity index is 350. The van der Waals surface area contributed by atoms with Crippen molar-refractivity contribution in [1.29, 1.82) is 0 Å². The number of hydrogen-bond donors (Lipinski definition) is 0. The van der Waals surface area contributed by atoms with Crippen LogP contribution in [0.5, 0.6) is 0 Å². The SMILES string of the molecule is CCC(=O)c1ccc(SC2CCCC2)cc1. The average Bonchev–Trinajstić information content (AvgIpc) is 2.82. The van der Waals surface area contributed by atoms with E-state index in [0.29, 0.717) is 6.42 Å². The molecule has 1 saturated carbocycles. The number of Topliss-reactive ketones (excluding diaryl/α,β-unsaturated/α-hetero) is 1. The summed E-state index contributed by atoms with van der Waals surface area (Å²) in [5, 5.41) is 0.799. The molecule has 2 heteroatoms. The summed E-state index contributed by atoms with van der Waals surface area (Å²) in [6.45, 7) is 1.91. The van der Waals surface area contributed by atoms with E-state index in [1.807, 2.05) is 30.8 Å². The molecule has 0 saturated heterocycles. The van der Waals surface area contributed by atoms with Gasteiger partial charge >= 0.3 is 0 Å². The van der Waals surface area contributed by atoms with Crippen LogP contribution in [0.25, 0.3) is 0 Å². The van der Waals surface area contributed by atoms with Gasteiger partial charge in [-0.05, 0) is 25.0 Å². The summed E-state index contributed by atoms with van der Waals surface area (Å²) in [7, 11) is 0. The van der Waals surface area contributed by atoms with Gasteiger partial charge in [0, 0.05) is 22.1 Å². The molecule has 16 heavy (non-hydrogen) atoms. The molecule has 0 amide bonds. The molecular formula is C14H18OS. The molecule has 0 aromatic heterocycles. The van der Waals surface area contributed by atoms with Crippen LogP contribution in [0.2, 0.25) is 0 Å². The lowest BCUT2D eigenvalue weighted by Crippen LogP contribution is -1.96. The minimum atomic E-state index is 0.234. The number of benzene rings is 1. The molecule has 0 radical (unpaired) electrons. The van der Waals surface area contributed by atoms with Crippen LogP contribution in [-0.2, 0) is 0 Å². The highest BCUT2D eigenvalue weighted by Gasteiger charge is 2.16. The molecule has 0 atom stereocenters. The van der Waals surface area contributed by atoms with Gasteiger partial charge in [0.15, 0.2) is 5.78 Å². The Balaban J connectivity index is 1.98. The monoisotopic (exact) mass is 234 g/mol. The van der Waals surface area contributed by atoms with Gasteiger partial charge in [-0.2, -0.15) is 0 Å². The standard InChI is InChI=1S/C14H18OS/c1-2-14(15)11-7-9-13(10-8-11)16-12-5-3-4-6-12/h7-10,12H,2-6H2,1H3. The van der Waals surface area contributed by atoms with E-state index in [1.165, 1.54) is 30.6 Å². The van der Waals surface area contributed by atoms with Gasteiger partial charge in [-0.15, -0.1) is 11.8 Å². The number of hydrogen-bond acceptors (Lipinski definition) is 2. The van der Waals surface area contributed by atoms with Crippen LogP contribution in [-0.4, -0.2) is 11.0 Å². The molecule has 0 unspecified atom stereocenters. The van der Waals surface area contributed by atoms with Gasteiger partial charge in [0.1, 0.15) is 0 Å². The summed E-state index contributed by atoms with van der Waals surface area (Å²) in [5.74, 6) is 0.234. The van der Waals surface area contributed by atoms with E-state index in [0.717, 1.165) is 10.8 Å². The Kier molecular flexibility index (Phi) is 4.05. The van der Waals surface area contributed by atoms with E-state index < -0.39 is 0 Å². The third kappa shape index (κ3) is 2.88. The van der Waals surface area contributed by atoms with Crippen molar-refractivity contribution in [2.45, 2.75) is 49.2 Å². The van der Waals surface area contributed by atoms with E-state index in [9.17, 15) is 4.79 Å². The fourth-order valence-electron chi connectivity index (χ4n) is 2.12. The molecule has 86 valence electrons. The Morgan fingerprint density at radius 2 is 1.88 bits per heavy atom. The van der Waals surface area contributed by atoms with Crippen LogP contribution in [0, 0.1) is 0 Å². The number of carbonyl (C=O) groups excluding carboxylic acids is 1. The Labute approximate surface area is 102 Å². The molecule has 2 rings (SSSR count). The molecule has 1 aliphatic rings. The Hall–Kier alpha value is -0.760. The van der Waals surface area contributed by atoms with Gasteiger partial charge in [0.25, 0.3) is 0 Å². The highest BCUT2D eigenvalue weighted by atomic mass is 32.2. The molecule has 0 N–H and O–H groups in total.